The molecule has 2 aromatic rings. The predicted molar refractivity (Wildman–Crippen MR) is 84.7 cm³/mol. The number of fused-ring (bicyclic) bond motifs is 1. The third-order valence-corrected chi connectivity index (χ3v) is 3.48. The molecule has 0 aliphatic heterocycles. The molecule has 0 atom stereocenters. The molecule has 2 rings (SSSR count). The van der Waals surface area contributed by atoms with Gasteiger partial charge in [-0.2, -0.15) is 0 Å². The molecule has 0 bridgehead atoms. The monoisotopic (exact) mass is 273 g/mol. The van der Waals surface area contributed by atoms with E-state index in [-0.39, 0.29) is 0 Å². The van der Waals surface area contributed by atoms with Crippen LogP contribution in [-0.4, -0.2) is 38.8 Å². The summed E-state index contributed by atoms with van der Waals surface area (Å²) in [6.45, 7) is 5.11. The standard InChI is InChI=1S/C16H23N3O/c1-4-19(12-6-10-17-2)16-14(20-3)9-8-13-7-5-11-18-15(13)16/h5,7-9,11,17H,4,6,10,12H2,1-3H3. The molecule has 108 valence electrons. The van der Waals surface area contributed by atoms with Gasteiger partial charge in [-0.15, -0.1) is 0 Å². The van der Waals surface area contributed by atoms with Crippen molar-refractivity contribution < 1.29 is 4.74 Å². The Morgan fingerprint density at radius 2 is 2.15 bits per heavy atom. The molecular weight excluding hydrogens is 250 g/mol. The van der Waals surface area contributed by atoms with Gasteiger partial charge in [-0.3, -0.25) is 4.98 Å². The molecular formula is C16H23N3O. The minimum absolute atomic E-state index is 0.891. The maximum absolute atomic E-state index is 5.55. The van der Waals surface area contributed by atoms with Gasteiger partial charge in [-0.05, 0) is 45.1 Å². The Balaban J connectivity index is 2.42. The third kappa shape index (κ3) is 3.02. The van der Waals surface area contributed by atoms with Gasteiger partial charge in [0.25, 0.3) is 0 Å². The van der Waals surface area contributed by atoms with E-state index in [4.69, 9.17) is 4.74 Å². The molecule has 1 heterocycles. The summed E-state index contributed by atoms with van der Waals surface area (Å²) >= 11 is 0. The summed E-state index contributed by atoms with van der Waals surface area (Å²) in [7, 11) is 3.70. The Hall–Kier alpha value is -1.81. The summed E-state index contributed by atoms with van der Waals surface area (Å²) in [5.41, 5.74) is 2.11. The fourth-order valence-electron chi connectivity index (χ4n) is 2.46. The van der Waals surface area contributed by atoms with Crippen LogP contribution in [0.1, 0.15) is 13.3 Å². The molecule has 20 heavy (non-hydrogen) atoms. The van der Waals surface area contributed by atoms with Crippen LogP contribution >= 0.6 is 0 Å². The van der Waals surface area contributed by atoms with Gasteiger partial charge in [-0.1, -0.05) is 6.07 Å². The van der Waals surface area contributed by atoms with Crippen molar-refractivity contribution in [3.05, 3.63) is 30.5 Å². The van der Waals surface area contributed by atoms with Crippen molar-refractivity contribution in [3.8, 4) is 5.75 Å². The van der Waals surface area contributed by atoms with Crippen LogP contribution < -0.4 is 15.0 Å². The zero-order chi connectivity index (χ0) is 14.4. The van der Waals surface area contributed by atoms with E-state index in [1.807, 2.05) is 25.4 Å². The van der Waals surface area contributed by atoms with E-state index < -0.39 is 0 Å². The zero-order valence-electron chi connectivity index (χ0n) is 12.5. The summed E-state index contributed by atoms with van der Waals surface area (Å²) in [5.74, 6) is 0.891. The molecule has 0 saturated carbocycles. The number of benzene rings is 1. The van der Waals surface area contributed by atoms with Crippen molar-refractivity contribution in [2.75, 3.05) is 38.7 Å². The number of hydrogen-bond acceptors (Lipinski definition) is 4. The average Bonchev–Trinajstić information content (AvgIpc) is 2.51. The number of rotatable bonds is 7. The molecule has 4 heteroatoms. The molecule has 0 fully saturated rings. The normalized spacial score (nSPS) is 10.8. The fraction of sp³-hybridized carbons (Fsp3) is 0.438. The highest BCUT2D eigenvalue weighted by Gasteiger charge is 2.15. The van der Waals surface area contributed by atoms with Crippen LogP contribution in [-0.2, 0) is 0 Å². The second-order valence-electron chi connectivity index (χ2n) is 4.73. The maximum Gasteiger partial charge on any atom is 0.144 e. The summed E-state index contributed by atoms with van der Waals surface area (Å²) in [5, 5.41) is 4.34. The number of anilines is 1. The minimum atomic E-state index is 0.891. The Morgan fingerprint density at radius 3 is 2.85 bits per heavy atom. The third-order valence-electron chi connectivity index (χ3n) is 3.48. The van der Waals surface area contributed by atoms with Gasteiger partial charge >= 0.3 is 0 Å². The molecule has 1 aromatic carbocycles. The van der Waals surface area contributed by atoms with Crippen molar-refractivity contribution in [2.24, 2.45) is 0 Å². The molecule has 0 saturated heterocycles. The SMILES string of the molecule is CCN(CCCNC)c1c(OC)ccc2cccnc12. The van der Waals surface area contributed by atoms with Gasteiger partial charge < -0.3 is 15.0 Å². The number of nitrogens with zero attached hydrogens (tertiary/aromatic N) is 2. The molecule has 4 nitrogen and oxygen atoms in total. The highest BCUT2D eigenvalue weighted by Crippen LogP contribution is 2.35. The van der Waals surface area contributed by atoms with Crippen LogP contribution in [0.3, 0.4) is 0 Å². The maximum atomic E-state index is 5.55. The first-order valence-corrected chi connectivity index (χ1v) is 7.13. The number of ether oxygens (including phenoxy) is 1. The molecule has 0 aliphatic carbocycles. The number of nitrogens with one attached hydrogen (secondary N) is 1. The van der Waals surface area contributed by atoms with Crippen LogP contribution in [0.25, 0.3) is 10.9 Å². The first-order chi connectivity index (χ1) is 9.81. The van der Waals surface area contributed by atoms with Gasteiger partial charge in [0.15, 0.2) is 0 Å². The summed E-state index contributed by atoms with van der Waals surface area (Å²) in [6.07, 6.45) is 2.93. The van der Waals surface area contributed by atoms with Gasteiger partial charge in [0, 0.05) is 24.7 Å². The second kappa shape index (κ2) is 7.10. The summed E-state index contributed by atoms with van der Waals surface area (Å²) < 4.78 is 5.55. The highest BCUT2D eigenvalue weighted by atomic mass is 16.5. The molecule has 0 aliphatic rings. The molecule has 0 amide bonds. The number of pyridine rings is 1. The zero-order valence-corrected chi connectivity index (χ0v) is 12.5. The smallest absolute Gasteiger partial charge is 0.144 e. The van der Waals surface area contributed by atoms with E-state index >= 15 is 0 Å². The Bertz CT molecular complexity index is 556. The number of methoxy groups -OCH3 is 1. The van der Waals surface area contributed by atoms with Crippen molar-refractivity contribution in [2.45, 2.75) is 13.3 Å². The Labute approximate surface area is 120 Å². The van der Waals surface area contributed by atoms with E-state index in [2.05, 4.69) is 34.3 Å². The van der Waals surface area contributed by atoms with Gasteiger partial charge in [0.05, 0.1) is 12.6 Å². The van der Waals surface area contributed by atoms with Crippen LogP contribution in [0.15, 0.2) is 30.5 Å². The lowest BCUT2D eigenvalue weighted by Crippen LogP contribution is -2.27. The van der Waals surface area contributed by atoms with Crippen LogP contribution in [0.5, 0.6) is 5.75 Å². The lowest BCUT2D eigenvalue weighted by molar-refractivity contribution is 0.414. The van der Waals surface area contributed by atoms with Crippen LogP contribution in [0, 0.1) is 0 Å². The first kappa shape index (κ1) is 14.6. The van der Waals surface area contributed by atoms with Crippen molar-refractivity contribution in [1.29, 1.82) is 0 Å². The van der Waals surface area contributed by atoms with E-state index in [1.165, 1.54) is 0 Å². The Morgan fingerprint density at radius 1 is 1.30 bits per heavy atom. The lowest BCUT2D eigenvalue weighted by atomic mass is 10.1. The van der Waals surface area contributed by atoms with Crippen LogP contribution in [0.4, 0.5) is 5.69 Å². The summed E-state index contributed by atoms with van der Waals surface area (Å²) in [6, 6.07) is 8.15. The molecule has 0 spiro atoms. The lowest BCUT2D eigenvalue weighted by Gasteiger charge is -2.26. The van der Waals surface area contributed by atoms with E-state index in [0.717, 1.165) is 48.4 Å². The van der Waals surface area contributed by atoms with Gasteiger partial charge in [0.1, 0.15) is 11.4 Å². The molecule has 0 unspecified atom stereocenters. The van der Waals surface area contributed by atoms with Gasteiger partial charge in [0.2, 0.25) is 0 Å². The first-order valence-electron chi connectivity index (χ1n) is 7.13. The van der Waals surface area contributed by atoms with E-state index in [0.29, 0.717) is 0 Å². The molecule has 1 N–H and O–H groups in total. The molecule has 1 aromatic heterocycles. The quantitative estimate of drug-likeness (QED) is 0.787. The average molecular weight is 273 g/mol. The topological polar surface area (TPSA) is 37.4 Å². The number of hydrogen-bond donors (Lipinski definition) is 1. The number of aromatic nitrogens is 1. The largest absolute Gasteiger partial charge is 0.494 e. The van der Waals surface area contributed by atoms with E-state index in [1.54, 1.807) is 7.11 Å². The molecule has 0 radical (unpaired) electrons. The summed E-state index contributed by atoms with van der Waals surface area (Å²) in [4.78, 5) is 6.89. The Kier molecular flexibility index (Phi) is 5.18. The van der Waals surface area contributed by atoms with E-state index in [9.17, 15) is 0 Å². The van der Waals surface area contributed by atoms with Crippen LogP contribution in [0.2, 0.25) is 0 Å². The fourth-order valence-corrected chi connectivity index (χ4v) is 2.46. The predicted octanol–water partition coefficient (Wildman–Crippen LogP) is 2.68. The second-order valence-corrected chi connectivity index (χ2v) is 4.73. The minimum Gasteiger partial charge on any atom is -0.494 e. The van der Waals surface area contributed by atoms with Crippen molar-refractivity contribution in [1.82, 2.24) is 10.3 Å². The highest BCUT2D eigenvalue weighted by molar-refractivity contribution is 5.94. The van der Waals surface area contributed by atoms with Crippen molar-refractivity contribution >= 4 is 16.6 Å². The van der Waals surface area contributed by atoms with Crippen molar-refractivity contribution in [3.63, 3.8) is 0 Å². The van der Waals surface area contributed by atoms with Gasteiger partial charge in [-0.25, -0.2) is 0 Å².